The third kappa shape index (κ3) is 4.01. The van der Waals surface area contributed by atoms with Crippen molar-refractivity contribution in [3.05, 3.63) is 70.3 Å². The van der Waals surface area contributed by atoms with E-state index in [1.807, 2.05) is 38.1 Å². The molecule has 0 aliphatic carbocycles. The second-order valence-electron chi connectivity index (χ2n) is 5.91. The molecule has 0 fully saturated rings. The minimum absolute atomic E-state index is 0.245. The molecule has 1 aliphatic heterocycles. The number of esters is 1. The maximum atomic E-state index is 12.4. The van der Waals surface area contributed by atoms with E-state index < -0.39 is 0 Å². The molecule has 2 aromatic rings. The van der Waals surface area contributed by atoms with Crippen LogP contribution in [0.25, 0.3) is 0 Å². The molecule has 0 atom stereocenters. The highest BCUT2D eigenvalue weighted by molar-refractivity contribution is 8.04. The lowest BCUT2D eigenvalue weighted by molar-refractivity contribution is -0.138. The number of allylic oxidation sites excluding steroid dienone is 1. The third-order valence-corrected chi connectivity index (χ3v) is 5.12. The van der Waals surface area contributed by atoms with Gasteiger partial charge in [0.2, 0.25) is 0 Å². The molecule has 4 heteroatoms. The fourth-order valence-electron chi connectivity index (χ4n) is 2.61. The molecule has 0 saturated carbocycles. The summed E-state index contributed by atoms with van der Waals surface area (Å²) in [5, 5.41) is 3.29. The van der Waals surface area contributed by atoms with Gasteiger partial charge in [0.05, 0.1) is 12.3 Å². The zero-order valence-electron chi connectivity index (χ0n) is 14.0. The van der Waals surface area contributed by atoms with E-state index >= 15 is 0 Å². The van der Waals surface area contributed by atoms with Gasteiger partial charge >= 0.3 is 5.97 Å². The maximum Gasteiger partial charge on any atom is 0.346 e. The first-order chi connectivity index (χ1) is 11.6. The van der Waals surface area contributed by atoms with Gasteiger partial charge < -0.3 is 10.1 Å². The summed E-state index contributed by atoms with van der Waals surface area (Å²) in [6.45, 7) is 4.40. The topological polar surface area (TPSA) is 38.3 Å². The van der Waals surface area contributed by atoms with Gasteiger partial charge in [-0.3, -0.25) is 0 Å². The van der Waals surface area contributed by atoms with Crippen LogP contribution in [0, 0.1) is 6.92 Å². The van der Waals surface area contributed by atoms with E-state index in [0.717, 1.165) is 29.1 Å². The minimum atomic E-state index is -0.245. The van der Waals surface area contributed by atoms with E-state index in [1.54, 1.807) is 0 Å². The summed E-state index contributed by atoms with van der Waals surface area (Å²) in [4.78, 5) is 14.1. The number of ether oxygens (including phenoxy) is 1. The Labute approximate surface area is 147 Å². The Balaban J connectivity index is 1.55. The normalized spacial score (nSPS) is 13.2. The molecule has 0 unspecified atom stereocenters. The van der Waals surface area contributed by atoms with Crippen molar-refractivity contribution < 1.29 is 9.53 Å². The summed E-state index contributed by atoms with van der Waals surface area (Å²) in [6, 6.07) is 16.4. The number of anilines is 1. The molecule has 0 amide bonds. The van der Waals surface area contributed by atoms with Gasteiger partial charge in [-0.25, -0.2) is 4.79 Å². The van der Waals surface area contributed by atoms with Crippen molar-refractivity contribution >= 4 is 23.4 Å². The van der Waals surface area contributed by atoms with Crippen molar-refractivity contribution in [2.24, 2.45) is 0 Å². The zero-order chi connectivity index (χ0) is 16.9. The highest BCUT2D eigenvalue weighted by Gasteiger charge is 2.22. The molecule has 0 radical (unpaired) electrons. The largest absolute Gasteiger partial charge is 0.462 e. The van der Waals surface area contributed by atoms with E-state index in [-0.39, 0.29) is 5.97 Å². The number of benzene rings is 2. The SMILES string of the molecule is CC1=C(C(=O)OCCCc2ccccc2)Sc2cc(C)ccc2N1. The predicted octanol–water partition coefficient (Wildman–Crippen LogP) is 4.92. The quantitative estimate of drug-likeness (QED) is 0.620. The van der Waals surface area contributed by atoms with Crippen LogP contribution in [0.2, 0.25) is 0 Å². The summed E-state index contributed by atoms with van der Waals surface area (Å²) in [7, 11) is 0. The average molecular weight is 339 g/mol. The maximum absolute atomic E-state index is 12.4. The van der Waals surface area contributed by atoms with Crippen LogP contribution in [-0.4, -0.2) is 12.6 Å². The number of carbonyl (C=O) groups excluding carboxylic acids is 1. The first-order valence-electron chi connectivity index (χ1n) is 8.11. The monoisotopic (exact) mass is 339 g/mol. The zero-order valence-corrected chi connectivity index (χ0v) is 14.8. The molecule has 0 spiro atoms. The Morgan fingerprint density at radius 3 is 2.71 bits per heavy atom. The van der Waals surface area contributed by atoms with Crippen LogP contribution in [0.3, 0.4) is 0 Å². The fraction of sp³-hybridized carbons (Fsp3) is 0.250. The number of nitrogens with one attached hydrogen (secondary N) is 1. The molecule has 3 nitrogen and oxygen atoms in total. The molecule has 24 heavy (non-hydrogen) atoms. The predicted molar refractivity (Wildman–Crippen MR) is 99.1 cm³/mol. The lowest BCUT2D eigenvalue weighted by Gasteiger charge is -2.21. The molecule has 1 N–H and O–H groups in total. The summed E-state index contributed by atoms with van der Waals surface area (Å²) in [5.74, 6) is -0.245. The Bertz CT molecular complexity index is 768. The van der Waals surface area contributed by atoms with Crippen LogP contribution in [0.5, 0.6) is 0 Å². The molecule has 0 bridgehead atoms. The van der Waals surface area contributed by atoms with Gasteiger partial charge in [0, 0.05) is 10.6 Å². The van der Waals surface area contributed by atoms with Crippen molar-refractivity contribution in [1.29, 1.82) is 0 Å². The van der Waals surface area contributed by atoms with Gasteiger partial charge in [-0.15, -0.1) is 0 Å². The molecular weight excluding hydrogens is 318 g/mol. The number of hydrogen-bond acceptors (Lipinski definition) is 4. The summed E-state index contributed by atoms with van der Waals surface area (Å²) in [5.41, 5.74) is 4.34. The van der Waals surface area contributed by atoms with Gasteiger partial charge in [-0.2, -0.15) is 0 Å². The molecule has 1 aliphatic rings. The molecule has 3 rings (SSSR count). The second kappa shape index (κ2) is 7.58. The van der Waals surface area contributed by atoms with Crippen molar-refractivity contribution in [2.45, 2.75) is 31.6 Å². The first-order valence-corrected chi connectivity index (χ1v) is 8.92. The molecule has 2 aromatic carbocycles. The first kappa shape index (κ1) is 16.7. The van der Waals surface area contributed by atoms with Crippen molar-refractivity contribution in [3.8, 4) is 0 Å². The molecule has 1 heterocycles. The van der Waals surface area contributed by atoms with Crippen LogP contribution < -0.4 is 5.32 Å². The fourth-order valence-corrected chi connectivity index (χ4v) is 3.65. The van der Waals surface area contributed by atoms with Crippen LogP contribution in [0.1, 0.15) is 24.5 Å². The summed E-state index contributed by atoms with van der Waals surface area (Å²) >= 11 is 1.48. The van der Waals surface area contributed by atoms with Crippen molar-refractivity contribution in [1.82, 2.24) is 0 Å². The molecular formula is C20H21NO2S. The van der Waals surface area contributed by atoms with E-state index in [0.29, 0.717) is 11.5 Å². The van der Waals surface area contributed by atoms with E-state index in [9.17, 15) is 4.79 Å². The van der Waals surface area contributed by atoms with E-state index in [4.69, 9.17) is 4.74 Å². The van der Waals surface area contributed by atoms with Gasteiger partial charge in [0.15, 0.2) is 0 Å². The van der Waals surface area contributed by atoms with E-state index in [1.165, 1.54) is 22.9 Å². The summed E-state index contributed by atoms with van der Waals surface area (Å²) < 4.78 is 5.46. The van der Waals surface area contributed by atoms with Gasteiger partial charge in [0.1, 0.15) is 4.91 Å². The van der Waals surface area contributed by atoms with E-state index in [2.05, 4.69) is 29.6 Å². The van der Waals surface area contributed by atoms with Crippen molar-refractivity contribution in [3.63, 3.8) is 0 Å². The minimum Gasteiger partial charge on any atom is -0.462 e. The Morgan fingerprint density at radius 1 is 1.12 bits per heavy atom. The standard InChI is InChI=1S/C20H21NO2S/c1-14-10-11-17-18(13-14)24-19(15(2)21-17)20(22)23-12-6-9-16-7-4-3-5-8-16/h3-5,7-8,10-11,13,21H,6,9,12H2,1-2H3. The number of hydrogen-bond donors (Lipinski definition) is 1. The Kier molecular flexibility index (Phi) is 5.26. The van der Waals surface area contributed by atoms with Crippen LogP contribution >= 0.6 is 11.8 Å². The number of rotatable bonds is 5. The van der Waals surface area contributed by atoms with Gasteiger partial charge in [0.25, 0.3) is 0 Å². The molecule has 0 saturated heterocycles. The lowest BCUT2D eigenvalue weighted by Crippen LogP contribution is -2.15. The number of fused-ring (bicyclic) bond motifs is 1. The molecule has 124 valence electrons. The smallest absolute Gasteiger partial charge is 0.346 e. The number of aryl methyl sites for hydroxylation is 2. The Hall–Kier alpha value is -2.20. The second-order valence-corrected chi connectivity index (χ2v) is 6.96. The Morgan fingerprint density at radius 2 is 1.92 bits per heavy atom. The number of carbonyl (C=O) groups is 1. The van der Waals surface area contributed by atoms with Crippen LogP contribution in [0.4, 0.5) is 5.69 Å². The highest BCUT2D eigenvalue weighted by Crippen LogP contribution is 2.40. The number of thioether (sulfide) groups is 1. The van der Waals surface area contributed by atoms with Crippen molar-refractivity contribution in [2.75, 3.05) is 11.9 Å². The van der Waals surface area contributed by atoms with Crippen LogP contribution in [-0.2, 0) is 16.0 Å². The molecule has 0 aromatic heterocycles. The van der Waals surface area contributed by atoms with Crippen LogP contribution in [0.15, 0.2) is 64.0 Å². The highest BCUT2D eigenvalue weighted by atomic mass is 32.2. The lowest BCUT2D eigenvalue weighted by atomic mass is 10.1. The average Bonchev–Trinajstić information content (AvgIpc) is 2.59. The summed E-state index contributed by atoms with van der Waals surface area (Å²) in [6.07, 6.45) is 1.75. The van der Waals surface area contributed by atoms with Gasteiger partial charge in [-0.1, -0.05) is 48.2 Å². The third-order valence-electron chi connectivity index (χ3n) is 3.88. The van der Waals surface area contributed by atoms with Gasteiger partial charge in [-0.05, 0) is 49.9 Å².